The van der Waals surface area contributed by atoms with E-state index in [1.165, 1.54) is 0 Å². The minimum atomic E-state index is 0.0721. The number of thioether (sulfide) groups is 1. The molecule has 7 heteroatoms. The molecule has 0 radical (unpaired) electrons. The highest BCUT2D eigenvalue weighted by Gasteiger charge is 2.29. The van der Waals surface area contributed by atoms with Crippen LogP contribution in [0.1, 0.15) is 48.5 Å². The molecule has 1 aliphatic rings. The van der Waals surface area contributed by atoms with Gasteiger partial charge in [-0.25, -0.2) is 0 Å². The highest BCUT2D eigenvalue weighted by molar-refractivity contribution is 7.98. The van der Waals surface area contributed by atoms with Gasteiger partial charge in [-0.3, -0.25) is 0 Å². The van der Waals surface area contributed by atoms with Gasteiger partial charge in [-0.15, -0.1) is 11.8 Å². The predicted octanol–water partition coefficient (Wildman–Crippen LogP) is 3.99. The van der Waals surface area contributed by atoms with Gasteiger partial charge in [-0.2, -0.15) is 9.97 Å². The second-order valence-corrected chi connectivity index (χ2v) is 6.93. The summed E-state index contributed by atoms with van der Waals surface area (Å²) in [4.78, 5) is 8.90. The average Bonchev–Trinajstić information content (AvgIpc) is 3.14. The molecule has 0 spiro atoms. The summed E-state index contributed by atoms with van der Waals surface area (Å²) >= 11 is 1.66. The molecule has 1 atom stereocenters. The lowest BCUT2D eigenvalue weighted by atomic mass is 10.2. The summed E-state index contributed by atoms with van der Waals surface area (Å²) in [6.07, 6.45) is 2.32. The molecule has 23 heavy (non-hydrogen) atoms. The number of nitrogens with zero attached hydrogens (tertiary/aromatic N) is 4. The third kappa shape index (κ3) is 3.29. The SMILES string of the molecule is CC(SCc1noc(C2CC2)n1)c1nc(-c2ccccc2)no1. The summed E-state index contributed by atoms with van der Waals surface area (Å²) < 4.78 is 10.6. The molecule has 3 aromatic rings. The predicted molar refractivity (Wildman–Crippen MR) is 85.7 cm³/mol. The van der Waals surface area contributed by atoms with Gasteiger partial charge in [-0.1, -0.05) is 40.6 Å². The average molecular weight is 328 g/mol. The van der Waals surface area contributed by atoms with E-state index in [4.69, 9.17) is 9.05 Å². The molecule has 0 saturated heterocycles. The Kier molecular flexibility index (Phi) is 3.87. The fourth-order valence-electron chi connectivity index (χ4n) is 2.20. The first-order valence-corrected chi connectivity index (χ1v) is 8.67. The Bertz CT molecular complexity index is 782. The van der Waals surface area contributed by atoms with Crippen molar-refractivity contribution >= 4 is 11.8 Å². The largest absolute Gasteiger partial charge is 0.339 e. The topological polar surface area (TPSA) is 77.8 Å². The van der Waals surface area contributed by atoms with E-state index < -0.39 is 0 Å². The second kappa shape index (κ2) is 6.16. The fraction of sp³-hybridized carbons (Fsp3) is 0.375. The smallest absolute Gasteiger partial charge is 0.239 e. The number of benzene rings is 1. The molecular formula is C16H16N4O2S. The summed E-state index contributed by atoms with van der Waals surface area (Å²) in [7, 11) is 0. The van der Waals surface area contributed by atoms with Crippen LogP contribution in [0, 0.1) is 0 Å². The molecule has 0 amide bonds. The molecular weight excluding hydrogens is 312 g/mol. The second-order valence-electron chi connectivity index (χ2n) is 5.60. The molecule has 1 fully saturated rings. The van der Waals surface area contributed by atoms with Crippen molar-refractivity contribution in [1.29, 1.82) is 0 Å². The Morgan fingerprint density at radius 2 is 1.96 bits per heavy atom. The minimum absolute atomic E-state index is 0.0721. The lowest BCUT2D eigenvalue weighted by Crippen LogP contribution is -1.92. The number of aromatic nitrogens is 4. The molecule has 2 aromatic heterocycles. The van der Waals surface area contributed by atoms with Gasteiger partial charge in [0.25, 0.3) is 0 Å². The number of rotatable bonds is 6. The van der Waals surface area contributed by atoms with Crippen molar-refractivity contribution in [2.75, 3.05) is 0 Å². The van der Waals surface area contributed by atoms with Crippen LogP contribution in [0.5, 0.6) is 0 Å². The molecule has 1 aliphatic carbocycles. The molecule has 6 nitrogen and oxygen atoms in total. The van der Waals surface area contributed by atoms with Gasteiger partial charge in [0.1, 0.15) is 0 Å². The van der Waals surface area contributed by atoms with E-state index in [1.807, 2.05) is 37.3 Å². The minimum Gasteiger partial charge on any atom is -0.339 e. The van der Waals surface area contributed by atoms with E-state index in [-0.39, 0.29) is 5.25 Å². The van der Waals surface area contributed by atoms with Crippen molar-refractivity contribution in [3.8, 4) is 11.4 Å². The first kappa shape index (κ1) is 14.4. The van der Waals surface area contributed by atoms with E-state index >= 15 is 0 Å². The van der Waals surface area contributed by atoms with Crippen molar-refractivity contribution in [2.24, 2.45) is 0 Å². The third-order valence-corrected chi connectivity index (χ3v) is 4.82. The molecule has 1 saturated carbocycles. The van der Waals surface area contributed by atoms with Gasteiger partial charge < -0.3 is 9.05 Å². The van der Waals surface area contributed by atoms with Crippen LogP contribution in [0.2, 0.25) is 0 Å². The zero-order valence-corrected chi connectivity index (χ0v) is 13.5. The summed E-state index contributed by atoms with van der Waals surface area (Å²) in [5, 5.41) is 8.14. The number of hydrogen-bond donors (Lipinski definition) is 0. The van der Waals surface area contributed by atoms with E-state index in [0.717, 1.165) is 30.1 Å². The van der Waals surface area contributed by atoms with Crippen LogP contribution in [-0.4, -0.2) is 20.3 Å². The summed E-state index contributed by atoms with van der Waals surface area (Å²) in [5.41, 5.74) is 0.951. The van der Waals surface area contributed by atoms with E-state index in [1.54, 1.807) is 11.8 Å². The van der Waals surface area contributed by atoms with Crippen molar-refractivity contribution in [1.82, 2.24) is 20.3 Å². The Hall–Kier alpha value is -2.15. The van der Waals surface area contributed by atoms with Gasteiger partial charge >= 0.3 is 0 Å². The zero-order valence-electron chi connectivity index (χ0n) is 12.7. The fourth-order valence-corrected chi connectivity index (χ4v) is 2.95. The highest BCUT2D eigenvalue weighted by atomic mass is 32.2. The Labute approximate surface area is 137 Å². The van der Waals surface area contributed by atoms with Crippen LogP contribution in [0.15, 0.2) is 39.4 Å². The van der Waals surface area contributed by atoms with Crippen molar-refractivity contribution in [3.63, 3.8) is 0 Å². The van der Waals surface area contributed by atoms with Crippen molar-refractivity contribution in [3.05, 3.63) is 47.9 Å². The maximum Gasteiger partial charge on any atom is 0.239 e. The maximum absolute atomic E-state index is 5.38. The van der Waals surface area contributed by atoms with E-state index in [2.05, 4.69) is 20.3 Å². The molecule has 2 heterocycles. The first-order chi connectivity index (χ1) is 11.3. The van der Waals surface area contributed by atoms with Crippen LogP contribution in [-0.2, 0) is 5.75 Å². The zero-order chi connectivity index (χ0) is 15.6. The Balaban J connectivity index is 1.38. The molecule has 0 N–H and O–H groups in total. The highest BCUT2D eigenvalue weighted by Crippen LogP contribution is 2.39. The van der Waals surface area contributed by atoms with Crippen LogP contribution < -0.4 is 0 Å². The first-order valence-electron chi connectivity index (χ1n) is 7.62. The van der Waals surface area contributed by atoms with Gasteiger partial charge in [-0.05, 0) is 19.8 Å². The maximum atomic E-state index is 5.38. The van der Waals surface area contributed by atoms with Crippen LogP contribution in [0.25, 0.3) is 11.4 Å². The van der Waals surface area contributed by atoms with Crippen molar-refractivity contribution < 1.29 is 9.05 Å². The Morgan fingerprint density at radius 3 is 2.74 bits per heavy atom. The van der Waals surface area contributed by atoms with E-state index in [0.29, 0.717) is 23.4 Å². The monoisotopic (exact) mass is 328 g/mol. The molecule has 118 valence electrons. The molecule has 0 bridgehead atoms. The molecule has 0 aliphatic heterocycles. The van der Waals surface area contributed by atoms with Crippen LogP contribution in [0.3, 0.4) is 0 Å². The van der Waals surface area contributed by atoms with Gasteiger partial charge in [0.2, 0.25) is 17.6 Å². The van der Waals surface area contributed by atoms with E-state index in [9.17, 15) is 0 Å². The summed E-state index contributed by atoms with van der Waals surface area (Å²) in [5.74, 6) is 3.89. The van der Waals surface area contributed by atoms with Crippen LogP contribution in [0.4, 0.5) is 0 Å². The van der Waals surface area contributed by atoms with Gasteiger partial charge in [0, 0.05) is 11.5 Å². The lowest BCUT2D eigenvalue weighted by molar-refractivity contribution is 0.375. The summed E-state index contributed by atoms with van der Waals surface area (Å²) in [6, 6.07) is 9.80. The quantitative estimate of drug-likeness (QED) is 0.677. The van der Waals surface area contributed by atoms with Gasteiger partial charge in [0.05, 0.1) is 11.0 Å². The normalized spacial score (nSPS) is 15.7. The van der Waals surface area contributed by atoms with Crippen molar-refractivity contribution in [2.45, 2.75) is 36.7 Å². The lowest BCUT2D eigenvalue weighted by Gasteiger charge is -2.02. The van der Waals surface area contributed by atoms with Crippen LogP contribution >= 0.6 is 11.8 Å². The third-order valence-electron chi connectivity index (χ3n) is 3.69. The standard InChI is InChI=1S/C16H16N4O2S/c1-10(23-9-13-17-16(22-19-13)12-7-8-12)15-18-14(20-21-15)11-5-3-2-4-6-11/h2-6,10,12H,7-9H2,1H3. The number of hydrogen-bond acceptors (Lipinski definition) is 7. The van der Waals surface area contributed by atoms with Gasteiger partial charge in [0.15, 0.2) is 5.82 Å². The molecule has 4 rings (SSSR count). The molecule has 1 unspecified atom stereocenters. The Morgan fingerprint density at radius 1 is 1.13 bits per heavy atom. The molecule has 1 aromatic carbocycles. The summed E-state index contributed by atoms with van der Waals surface area (Å²) in [6.45, 7) is 2.04.